The maximum Gasteiger partial charge on any atom is 0.321 e. The first kappa shape index (κ1) is 13.6. The lowest BCUT2D eigenvalue weighted by atomic mass is 10.5. The summed E-state index contributed by atoms with van der Waals surface area (Å²) in [5.41, 5.74) is 0. The molecule has 1 rings (SSSR count). The minimum absolute atomic E-state index is 0.236. The number of amides is 3. The topological polar surface area (TPSA) is 71.3 Å². The summed E-state index contributed by atoms with van der Waals surface area (Å²) >= 11 is 1.40. The third-order valence-corrected chi connectivity index (χ3v) is 2.80. The fourth-order valence-electron chi connectivity index (χ4n) is 1.08. The van der Waals surface area contributed by atoms with Gasteiger partial charge in [-0.15, -0.1) is 11.8 Å². The predicted octanol–water partition coefficient (Wildman–Crippen LogP) is 1.75. The second kappa shape index (κ2) is 7.78. The van der Waals surface area contributed by atoms with E-state index in [1.165, 1.54) is 11.8 Å². The number of nitrogens with one attached hydrogen (secondary N) is 2. The Balaban J connectivity index is 2.10. The minimum Gasteiger partial charge on any atom is -0.468 e. The van der Waals surface area contributed by atoms with Crippen LogP contribution in [-0.4, -0.2) is 24.2 Å². The number of imide groups is 1. The van der Waals surface area contributed by atoms with Crippen molar-refractivity contribution in [3.05, 3.63) is 24.2 Å². The molecule has 1 aromatic heterocycles. The van der Waals surface area contributed by atoms with Crippen LogP contribution in [0.25, 0.3) is 0 Å². The number of thioether (sulfide) groups is 1. The van der Waals surface area contributed by atoms with Crippen LogP contribution in [0.5, 0.6) is 0 Å². The fourth-order valence-corrected chi connectivity index (χ4v) is 1.81. The smallest absolute Gasteiger partial charge is 0.321 e. The standard InChI is InChI=1S/C11H16N2O3S/c1-2-5-12-11(15)13-10(14)8-17-7-9-4-3-6-16-9/h3-4,6H,2,5,7-8H2,1H3,(H2,12,13,14,15). The highest BCUT2D eigenvalue weighted by atomic mass is 32.2. The summed E-state index contributed by atoms with van der Waals surface area (Å²) in [7, 11) is 0. The molecule has 0 aromatic carbocycles. The zero-order valence-corrected chi connectivity index (χ0v) is 10.5. The van der Waals surface area contributed by atoms with Gasteiger partial charge >= 0.3 is 6.03 Å². The van der Waals surface area contributed by atoms with Crippen molar-refractivity contribution in [1.82, 2.24) is 10.6 Å². The molecule has 17 heavy (non-hydrogen) atoms. The second-order valence-corrected chi connectivity index (χ2v) is 4.36. The lowest BCUT2D eigenvalue weighted by Crippen LogP contribution is -2.40. The number of urea groups is 1. The normalized spacial score (nSPS) is 9.94. The number of hydrogen-bond acceptors (Lipinski definition) is 4. The van der Waals surface area contributed by atoms with Crippen LogP contribution in [0.4, 0.5) is 4.79 Å². The van der Waals surface area contributed by atoms with Gasteiger partial charge in [-0.25, -0.2) is 4.79 Å². The van der Waals surface area contributed by atoms with Gasteiger partial charge in [-0.1, -0.05) is 6.92 Å². The monoisotopic (exact) mass is 256 g/mol. The number of rotatable bonds is 6. The Bertz CT molecular complexity index is 352. The number of carbonyl (C=O) groups is 2. The van der Waals surface area contributed by atoms with Crippen molar-refractivity contribution in [2.24, 2.45) is 0 Å². The van der Waals surface area contributed by atoms with Crippen LogP contribution in [0.15, 0.2) is 22.8 Å². The molecule has 94 valence electrons. The highest BCUT2D eigenvalue weighted by molar-refractivity contribution is 7.99. The van der Waals surface area contributed by atoms with E-state index in [0.29, 0.717) is 12.3 Å². The molecule has 1 heterocycles. The lowest BCUT2D eigenvalue weighted by Gasteiger charge is -2.04. The molecule has 0 bridgehead atoms. The second-order valence-electron chi connectivity index (χ2n) is 3.38. The average molecular weight is 256 g/mol. The van der Waals surface area contributed by atoms with Gasteiger partial charge in [0, 0.05) is 6.54 Å². The van der Waals surface area contributed by atoms with Crippen LogP contribution in [0.1, 0.15) is 19.1 Å². The Morgan fingerprint density at radius 3 is 2.94 bits per heavy atom. The van der Waals surface area contributed by atoms with Gasteiger partial charge in [0.2, 0.25) is 5.91 Å². The molecule has 6 heteroatoms. The van der Waals surface area contributed by atoms with Gasteiger partial charge in [-0.3, -0.25) is 10.1 Å². The molecule has 2 N–H and O–H groups in total. The molecular formula is C11H16N2O3S. The minimum atomic E-state index is -0.435. The van der Waals surface area contributed by atoms with Crippen molar-refractivity contribution >= 4 is 23.7 Å². The number of furan rings is 1. The van der Waals surface area contributed by atoms with Gasteiger partial charge in [-0.2, -0.15) is 0 Å². The summed E-state index contributed by atoms with van der Waals surface area (Å²) in [5, 5.41) is 4.82. The lowest BCUT2D eigenvalue weighted by molar-refractivity contribution is -0.117. The molecule has 0 aliphatic carbocycles. The molecule has 5 nitrogen and oxygen atoms in total. The van der Waals surface area contributed by atoms with Crippen LogP contribution < -0.4 is 10.6 Å². The van der Waals surface area contributed by atoms with Crippen LogP contribution in [0.2, 0.25) is 0 Å². The molecule has 3 amide bonds. The summed E-state index contributed by atoms with van der Waals surface area (Å²) < 4.78 is 5.12. The van der Waals surface area contributed by atoms with E-state index >= 15 is 0 Å². The molecule has 0 spiro atoms. The van der Waals surface area contributed by atoms with Crippen molar-refractivity contribution in [2.75, 3.05) is 12.3 Å². The highest BCUT2D eigenvalue weighted by Crippen LogP contribution is 2.11. The zero-order valence-electron chi connectivity index (χ0n) is 9.69. The zero-order chi connectivity index (χ0) is 12.5. The van der Waals surface area contributed by atoms with Gasteiger partial charge in [0.1, 0.15) is 5.76 Å². The molecular weight excluding hydrogens is 240 g/mol. The molecule has 0 atom stereocenters. The van der Waals surface area contributed by atoms with Crippen molar-refractivity contribution in [1.29, 1.82) is 0 Å². The molecule has 0 aliphatic heterocycles. The van der Waals surface area contributed by atoms with Gasteiger partial charge in [-0.05, 0) is 18.6 Å². The van der Waals surface area contributed by atoms with Crippen LogP contribution in [0.3, 0.4) is 0 Å². The van der Waals surface area contributed by atoms with E-state index in [-0.39, 0.29) is 11.7 Å². The van der Waals surface area contributed by atoms with Crippen molar-refractivity contribution in [3.63, 3.8) is 0 Å². The average Bonchev–Trinajstić information content (AvgIpc) is 2.79. The molecule has 0 saturated heterocycles. The first-order chi connectivity index (χ1) is 8.22. The van der Waals surface area contributed by atoms with Crippen LogP contribution >= 0.6 is 11.8 Å². The summed E-state index contributed by atoms with van der Waals surface area (Å²) in [6, 6.07) is 3.21. The van der Waals surface area contributed by atoms with E-state index in [4.69, 9.17) is 4.42 Å². The van der Waals surface area contributed by atoms with Gasteiger partial charge in [0.05, 0.1) is 17.8 Å². The maximum atomic E-state index is 11.3. The van der Waals surface area contributed by atoms with Crippen LogP contribution in [0, 0.1) is 0 Å². The Morgan fingerprint density at radius 2 is 2.29 bits per heavy atom. The van der Waals surface area contributed by atoms with E-state index in [1.807, 2.05) is 13.0 Å². The van der Waals surface area contributed by atoms with E-state index in [1.54, 1.807) is 12.3 Å². The van der Waals surface area contributed by atoms with E-state index in [0.717, 1.165) is 12.2 Å². The molecule has 0 aliphatic rings. The van der Waals surface area contributed by atoms with E-state index in [2.05, 4.69) is 10.6 Å². The van der Waals surface area contributed by atoms with Crippen molar-refractivity contribution in [2.45, 2.75) is 19.1 Å². The summed E-state index contributed by atoms with van der Waals surface area (Å²) in [6.07, 6.45) is 2.43. The summed E-state index contributed by atoms with van der Waals surface area (Å²) in [5.74, 6) is 1.38. The summed E-state index contributed by atoms with van der Waals surface area (Å²) in [6.45, 7) is 2.51. The molecule has 0 unspecified atom stereocenters. The first-order valence-electron chi connectivity index (χ1n) is 5.40. The Morgan fingerprint density at radius 1 is 1.47 bits per heavy atom. The van der Waals surface area contributed by atoms with Gasteiger partial charge in [0.25, 0.3) is 0 Å². The Labute approximate surface area is 104 Å². The van der Waals surface area contributed by atoms with E-state index < -0.39 is 6.03 Å². The van der Waals surface area contributed by atoms with E-state index in [9.17, 15) is 9.59 Å². The van der Waals surface area contributed by atoms with Crippen LogP contribution in [-0.2, 0) is 10.5 Å². The first-order valence-corrected chi connectivity index (χ1v) is 6.55. The molecule has 1 aromatic rings. The maximum absolute atomic E-state index is 11.3. The van der Waals surface area contributed by atoms with Crippen molar-refractivity contribution < 1.29 is 14.0 Å². The fraction of sp³-hybridized carbons (Fsp3) is 0.455. The van der Waals surface area contributed by atoms with Gasteiger partial charge in [0.15, 0.2) is 0 Å². The third kappa shape index (κ3) is 6.01. The number of carbonyl (C=O) groups excluding carboxylic acids is 2. The predicted molar refractivity (Wildman–Crippen MR) is 66.7 cm³/mol. The quantitative estimate of drug-likeness (QED) is 0.813. The van der Waals surface area contributed by atoms with Crippen molar-refractivity contribution in [3.8, 4) is 0 Å². The number of hydrogen-bond donors (Lipinski definition) is 2. The molecule has 0 fully saturated rings. The largest absolute Gasteiger partial charge is 0.468 e. The molecule has 0 radical (unpaired) electrons. The summed E-state index contributed by atoms with van der Waals surface area (Å²) in [4.78, 5) is 22.5. The highest BCUT2D eigenvalue weighted by Gasteiger charge is 2.07. The SMILES string of the molecule is CCCNC(=O)NC(=O)CSCc1ccco1. The third-order valence-electron chi connectivity index (χ3n) is 1.85. The molecule has 0 saturated carbocycles. The Kier molecular flexibility index (Phi) is 6.24. The van der Waals surface area contributed by atoms with Gasteiger partial charge < -0.3 is 9.73 Å². The Hall–Kier alpha value is -1.43.